The van der Waals surface area contributed by atoms with Gasteiger partial charge in [-0.1, -0.05) is 78.3 Å². The Labute approximate surface area is 340 Å². The zero-order valence-electron chi connectivity index (χ0n) is 35.6. The fourth-order valence-electron chi connectivity index (χ4n) is 13.8. The number of esters is 1. The Kier molecular flexibility index (Phi) is 9.99. The van der Waals surface area contributed by atoms with E-state index in [1.165, 1.54) is 5.57 Å². The predicted molar refractivity (Wildman–Crippen MR) is 220 cm³/mol. The number of carboxylic acid groups (broad SMARTS) is 1. The third-order valence-corrected chi connectivity index (χ3v) is 17.4. The maximum Gasteiger partial charge on any atom is 0.309 e. The van der Waals surface area contributed by atoms with Crippen molar-refractivity contribution >= 4 is 35.2 Å². The second-order valence-corrected chi connectivity index (χ2v) is 21.9. The van der Waals surface area contributed by atoms with E-state index in [4.69, 9.17) is 16.3 Å². The highest BCUT2D eigenvalue weighted by Gasteiger charge is 2.70. The Hall–Kier alpha value is -2.93. The molecule has 306 valence electrons. The number of hydrogen-bond acceptors (Lipinski definition) is 5. The van der Waals surface area contributed by atoms with E-state index in [-0.39, 0.29) is 63.2 Å². The Morgan fingerprint density at radius 3 is 2.27 bits per heavy atom. The van der Waals surface area contributed by atoms with Gasteiger partial charge in [0.25, 0.3) is 0 Å². The van der Waals surface area contributed by atoms with Gasteiger partial charge in [-0.05, 0) is 154 Å². The molecule has 56 heavy (non-hydrogen) atoms. The van der Waals surface area contributed by atoms with Crippen molar-refractivity contribution in [3.63, 3.8) is 0 Å². The van der Waals surface area contributed by atoms with Gasteiger partial charge in [-0.2, -0.15) is 0 Å². The minimum atomic E-state index is -1.17. The Morgan fingerprint density at radius 1 is 0.946 bits per heavy atom. The number of ketones is 1. The van der Waals surface area contributed by atoms with Crippen LogP contribution in [0.4, 0.5) is 0 Å². The highest BCUT2D eigenvalue weighted by molar-refractivity contribution is 6.30. The van der Waals surface area contributed by atoms with Crippen LogP contribution in [0.2, 0.25) is 5.02 Å². The summed E-state index contributed by atoms with van der Waals surface area (Å²) in [6, 6.07) is 7.80. The fourth-order valence-corrected chi connectivity index (χ4v) is 14.0. The van der Waals surface area contributed by atoms with Gasteiger partial charge >= 0.3 is 11.9 Å². The van der Waals surface area contributed by atoms with Gasteiger partial charge in [0.15, 0.2) is 5.78 Å². The van der Waals surface area contributed by atoms with Crippen LogP contribution in [0.5, 0.6) is 0 Å². The minimum absolute atomic E-state index is 0.0159. The van der Waals surface area contributed by atoms with Crippen LogP contribution in [-0.2, 0) is 29.5 Å². The summed E-state index contributed by atoms with van der Waals surface area (Å²) < 4.78 is 6.18. The Morgan fingerprint density at radius 2 is 1.64 bits per heavy atom. The van der Waals surface area contributed by atoms with Gasteiger partial charge in [0.05, 0.1) is 17.4 Å². The van der Waals surface area contributed by atoms with Gasteiger partial charge < -0.3 is 15.2 Å². The summed E-state index contributed by atoms with van der Waals surface area (Å²) in [5.41, 5.74) is 1.91. The van der Waals surface area contributed by atoms with E-state index in [0.29, 0.717) is 28.9 Å². The van der Waals surface area contributed by atoms with Crippen molar-refractivity contribution in [2.24, 2.45) is 56.2 Å². The van der Waals surface area contributed by atoms with E-state index in [9.17, 15) is 24.3 Å². The average molecular weight is 789 g/mol. The second kappa shape index (κ2) is 13.6. The largest absolute Gasteiger partial charge is 0.481 e. The number of ether oxygens (including phenoxy) is 1. The molecule has 1 unspecified atom stereocenters. The third-order valence-electron chi connectivity index (χ3n) is 17.2. The molecule has 0 aliphatic heterocycles. The smallest absolute Gasteiger partial charge is 0.309 e. The minimum Gasteiger partial charge on any atom is -0.481 e. The van der Waals surface area contributed by atoms with Gasteiger partial charge in [-0.3, -0.25) is 19.2 Å². The number of rotatable bonds is 9. The number of aliphatic carboxylic acids is 1. The summed E-state index contributed by atoms with van der Waals surface area (Å²) in [4.78, 5) is 53.1. The lowest BCUT2D eigenvalue weighted by Crippen LogP contribution is -2.65. The zero-order valence-corrected chi connectivity index (χ0v) is 36.4. The highest BCUT2D eigenvalue weighted by Crippen LogP contribution is 2.77. The molecule has 0 aromatic heterocycles. The number of allylic oxidation sites excluding steroid dienone is 3. The van der Waals surface area contributed by atoms with Crippen LogP contribution in [0.1, 0.15) is 152 Å². The van der Waals surface area contributed by atoms with Gasteiger partial charge in [-0.15, -0.1) is 0 Å². The first kappa shape index (κ1) is 41.2. The number of carbonyl (C=O) groups is 4. The molecular weight excluding hydrogens is 722 g/mol. The molecule has 5 fully saturated rings. The van der Waals surface area contributed by atoms with Crippen molar-refractivity contribution in [2.45, 2.75) is 158 Å². The van der Waals surface area contributed by atoms with Crippen LogP contribution in [0.3, 0.4) is 0 Å². The lowest BCUT2D eigenvalue weighted by molar-refractivity contribution is -0.232. The number of hydrogen-bond donors (Lipinski definition) is 2. The number of benzene rings is 1. The van der Waals surface area contributed by atoms with E-state index in [0.717, 1.165) is 75.3 Å². The Bertz CT molecular complexity index is 1900. The van der Waals surface area contributed by atoms with E-state index in [2.05, 4.69) is 59.9 Å². The average Bonchev–Trinajstić information content (AvgIpc) is 3.81. The number of carboxylic acids is 1. The third kappa shape index (κ3) is 6.25. The van der Waals surface area contributed by atoms with Crippen molar-refractivity contribution in [2.75, 3.05) is 0 Å². The van der Waals surface area contributed by atoms with Crippen LogP contribution in [-0.4, -0.2) is 34.8 Å². The first-order chi connectivity index (χ1) is 26.0. The van der Waals surface area contributed by atoms with Crippen LogP contribution < -0.4 is 5.32 Å². The van der Waals surface area contributed by atoms with E-state index >= 15 is 0 Å². The molecule has 0 saturated heterocycles. The lowest BCUT2D eigenvalue weighted by atomic mass is 9.33. The number of halogens is 1. The van der Waals surface area contributed by atoms with Crippen molar-refractivity contribution in [1.29, 1.82) is 0 Å². The van der Waals surface area contributed by atoms with Crippen molar-refractivity contribution in [3.8, 4) is 0 Å². The van der Waals surface area contributed by atoms with Gasteiger partial charge in [0.1, 0.15) is 6.10 Å². The fraction of sp³-hybridized carbons (Fsp3) is 0.708. The zero-order chi connectivity index (χ0) is 41.0. The molecule has 6 aliphatic carbocycles. The van der Waals surface area contributed by atoms with E-state index < -0.39 is 22.8 Å². The molecule has 0 spiro atoms. The van der Waals surface area contributed by atoms with Crippen LogP contribution in [0.25, 0.3) is 0 Å². The molecule has 1 aromatic carbocycles. The summed E-state index contributed by atoms with van der Waals surface area (Å²) in [6.07, 6.45) is 11.9. The molecule has 1 amide bonds. The number of carbonyl (C=O) groups excluding carboxylic acids is 3. The number of amides is 1. The molecule has 7 rings (SSSR count). The highest BCUT2D eigenvalue weighted by atomic mass is 35.5. The molecule has 8 heteroatoms. The molecule has 0 radical (unpaired) electrons. The van der Waals surface area contributed by atoms with Crippen molar-refractivity contribution in [3.05, 3.63) is 57.6 Å². The molecule has 6 aliphatic rings. The number of fused-ring (bicyclic) bond motifs is 7. The van der Waals surface area contributed by atoms with Crippen LogP contribution in [0, 0.1) is 56.2 Å². The Balaban J connectivity index is 1.17. The van der Waals surface area contributed by atoms with Gasteiger partial charge in [-0.25, -0.2) is 0 Å². The molecule has 1 aromatic rings. The maximum atomic E-state index is 14.2. The summed E-state index contributed by atoms with van der Waals surface area (Å²) >= 11 is 6.35. The number of Topliss-reactive ketones (excluding diaryl/α,β-unsaturated/α-hetero) is 1. The monoisotopic (exact) mass is 787 g/mol. The molecule has 5 saturated carbocycles. The SMILES string of the molecule is C/C(=C\[C@@]12CC[C@]3(C)C(CC[C@@H]4[C@@]5(C)CC[C@H](OC(=O)CC(C)(C)C(=O)O)C(C)(C)[C@@H]5CC[C@]43C)C1=C(C(C)C)C(=O)C2)C(=O)NC1(c2cccc(Cl)c2)CC1. The van der Waals surface area contributed by atoms with Crippen molar-refractivity contribution < 1.29 is 29.0 Å². The summed E-state index contributed by atoms with van der Waals surface area (Å²) in [6.45, 7) is 21.6. The number of nitrogens with one attached hydrogen (secondary N) is 1. The van der Waals surface area contributed by atoms with Crippen LogP contribution >= 0.6 is 11.6 Å². The lowest BCUT2D eigenvalue weighted by Gasteiger charge is -2.72. The first-order valence-electron chi connectivity index (χ1n) is 21.5. The first-order valence-corrected chi connectivity index (χ1v) is 21.8. The topological polar surface area (TPSA) is 110 Å². The second-order valence-electron chi connectivity index (χ2n) is 21.4. The van der Waals surface area contributed by atoms with Crippen molar-refractivity contribution in [1.82, 2.24) is 5.32 Å². The van der Waals surface area contributed by atoms with Gasteiger partial charge in [0.2, 0.25) is 5.91 Å². The normalized spacial score (nSPS) is 37.2. The molecule has 7 nitrogen and oxygen atoms in total. The maximum absolute atomic E-state index is 14.2. The summed E-state index contributed by atoms with van der Waals surface area (Å²) in [5.74, 6) is -0.0103. The quantitative estimate of drug-likeness (QED) is 0.190. The molecule has 0 heterocycles. The summed E-state index contributed by atoms with van der Waals surface area (Å²) in [5, 5.41) is 13.7. The molecule has 0 bridgehead atoms. The molecule has 8 atom stereocenters. The standard InChI is InChI=1S/C48H66ClNO6/c1-28(2)38-33(51)26-47(25-29(3)40(53)50-48(22-23-48)30-12-11-13-31(49)24-30)21-20-45(9)32(39(38)47)14-15-35-44(8)18-17-36(56-37(52)27-42(4,5)41(54)55)43(6,7)34(44)16-19-46(35,45)10/h11-13,24-25,28,32,34-36H,14-23,26-27H2,1-10H3,(H,50,53)(H,54,55)/b29-25+/t32?,34-,35+,36-,44-,45+,46+,47+/m0/s1. The van der Waals surface area contributed by atoms with Crippen LogP contribution in [0.15, 0.2) is 47.1 Å². The summed E-state index contributed by atoms with van der Waals surface area (Å²) in [7, 11) is 0. The molecular formula is C48H66ClNO6. The predicted octanol–water partition coefficient (Wildman–Crippen LogP) is 10.8. The van der Waals surface area contributed by atoms with E-state index in [1.807, 2.05) is 31.2 Å². The van der Waals surface area contributed by atoms with E-state index in [1.54, 1.807) is 13.8 Å². The molecule has 2 N–H and O–H groups in total. The van der Waals surface area contributed by atoms with Gasteiger partial charge in [0, 0.05) is 27.8 Å².